The number of hydrogen-bond acceptors (Lipinski definition) is 5. The maximum Gasteiger partial charge on any atom is 0.330 e. The van der Waals surface area contributed by atoms with E-state index in [0.717, 1.165) is 11.1 Å². The molecule has 1 unspecified atom stereocenters. The summed E-state index contributed by atoms with van der Waals surface area (Å²) < 4.78 is 11.6. The van der Waals surface area contributed by atoms with Gasteiger partial charge in [0.2, 0.25) is 0 Å². The minimum absolute atomic E-state index is 0.0773. The molecule has 0 saturated carbocycles. The van der Waals surface area contributed by atoms with Crippen molar-refractivity contribution in [2.45, 2.75) is 19.9 Å². The Labute approximate surface area is 122 Å². The molecule has 0 radical (unpaired) electrons. The molecular weight excluding hydrogens is 272 g/mol. The van der Waals surface area contributed by atoms with Gasteiger partial charge in [-0.2, -0.15) is 5.10 Å². The Kier molecular flexibility index (Phi) is 4.47. The quantitative estimate of drug-likeness (QED) is 0.856. The number of carbonyl (C=O) groups is 1. The lowest BCUT2D eigenvalue weighted by atomic mass is 10.1. The van der Waals surface area contributed by atoms with Crippen LogP contribution in [0.15, 0.2) is 30.6 Å². The number of esters is 1. The summed E-state index contributed by atoms with van der Waals surface area (Å²) in [6.07, 6.45) is 3.41. The van der Waals surface area contributed by atoms with E-state index in [0.29, 0.717) is 12.4 Å². The van der Waals surface area contributed by atoms with Crippen molar-refractivity contribution in [3.05, 3.63) is 30.6 Å². The van der Waals surface area contributed by atoms with Crippen LogP contribution in [0, 0.1) is 0 Å². The molecule has 2 aromatic rings. The number of aromatic hydroxyl groups is 1. The van der Waals surface area contributed by atoms with Crippen molar-refractivity contribution >= 4 is 5.97 Å². The average Bonchev–Trinajstić information content (AvgIpc) is 2.97. The minimum atomic E-state index is -0.488. The van der Waals surface area contributed by atoms with Gasteiger partial charge < -0.3 is 14.6 Å². The molecule has 21 heavy (non-hydrogen) atoms. The van der Waals surface area contributed by atoms with Gasteiger partial charge >= 0.3 is 5.97 Å². The van der Waals surface area contributed by atoms with Crippen LogP contribution in [0.2, 0.25) is 0 Å². The van der Waals surface area contributed by atoms with Crippen LogP contribution in [0.25, 0.3) is 11.1 Å². The lowest BCUT2D eigenvalue weighted by molar-refractivity contribution is -0.146. The number of rotatable bonds is 5. The van der Waals surface area contributed by atoms with Crippen molar-refractivity contribution in [3.8, 4) is 22.6 Å². The van der Waals surface area contributed by atoms with E-state index in [1.165, 1.54) is 7.11 Å². The zero-order valence-electron chi connectivity index (χ0n) is 12.2. The summed E-state index contributed by atoms with van der Waals surface area (Å²) in [5.41, 5.74) is 1.66. The van der Waals surface area contributed by atoms with Gasteiger partial charge in [0, 0.05) is 11.8 Å². The van der Waals surface area contributed by atoms with Gasteiger partial charge in [-0.05, 0) is 31.5 Å². The van der Waals surface area contributed by atoms with Crippen LogP contribution in [0.4, 0.5) is 0 Å². The third-order valence-electron chi connectivity index (χ3n) is 3.14. The van der Waals surface area contributed by atoms with Crippen molar-refractivity contribution in [1.29, 1.82) is 0 Å². The van der Waals surface area contributed by atoms with Gasteiger partial charge in [-0.15, -0.1) is 0 Å². The Bertz CT molecular complexity index is 636. The zero-order valence-corrected chi connectivity index (χ0v) is 12.2. The number of carbonyl (C=O) groups excluding carboxylic acids is 1. The zero-order chi connectivity index (χ0) is 15.4. The number of aromatic nitrogens is 2. The fourth-order valence-electron chi connectivity index (χ4n) is 1.93. The van der Waals surface area contributed by atoms with Crippen LogP contribution in [-0.4, -0.2) is 34.6 Å². The van der Waals surface area contributed by atoms with Gasteiger partial charge in [0.05, 0.1) is 19.9 Å². The van der Waals surface area contributed by atoms with E-state index in [1.807, 2.05) is 0 Å². The van der Waals surface area contributed by atoms with E-state index in [-0.39, 0.29) is 11.7 Å². The first-order valence-corrected chi connectivity index (χ1v) is 6.65. The molecule has 0 saturated heterocycles. The smallest absolute Gasteiger partial charge is 0.330 e. The minimum Gasteiger partial charge on any atom is -0.504 e. The number of nitrogens with zero attached hydrogens (tertiary/aromatic N) is 2. The fourth-order valence-corrected chi connectivity index (χ4v) is 1.93. The summed E-state index contributed by atoms with van der Waals surface area (Å²) in [6, 6.07) is 4.54. The highest BCUT2D eigenvalue weighted by molar-refractivity contribution is 5.74. The van der Waals surface area contributed by atoms with E-state index in [4.69, 9.17) is 9.47 Å². The number of methoxy groups -OCH3 is 1. The Morgan fingerprint density at radius 2 is 2.19 bits per heavy atom. The molecule has 6 nitrogen and oxygen atoms in total. The van der Waals surface area contributed by atoms with E-state index < -0.39 is 6.04 Å². The third-order valence-corrected chi connectivity index (χ3v) is 3.14. The van der Waals surface area contributed by atoms with Crippen LogP contribution in [0.3, 0.4) is 0 Å². The predicted molar refractivity (Wildman–Crippen MR) is 77.2 cm³/mol. The van der Waals surface area contributed by atoms with Crippen LogP contribution in [-0.2, 0) is 9.53 Å². The Morgan fingerprint density at radius 3 is 2.86 bits per heavy atom. The van der Waals surface area contributed by atoms with Gasteiger partial charge in [-0.3, -0.25) is 4.68 Å². The van der Waals surface area contributed by atoms with Gasteiger partial charge in [-0.1, -0.05) is 6.07 Å². The van der Waals surface area contributed by atoms with Gasteiger partial charge in [0.25, 0.3) is 0 Å². The molecule has 1 atom stereocenters. The molecule has 2 rings (SSSR count). The highest BCUT2D eigenvalue weighted by Crippen LogP contribution is 2.31. The van der Waals surface area contributed by atoms with E-state index in [2.05, 4.69) is 5.10 Å². The molecule has 6 heteroatoms. The van der Waals surface area contributed by atoms with Gasteiger partial charge in [0.15, 0.2) is 11.5 Å². The number of benzene rings is 1. The highest BCUT2D eigenvalue weighted by atomic mass is 16.5. The highest BCUT2D eigenvalue weighted by Gasteiger charge is 2.17. The fraction of sp³-hybridized carbons (Fsp3) is 0.333. The molecule has 0 fully saturated rings. The van der Waals surface area contributed by atoms with Crippen molar-refractivity contribution in [3.63, 3.8) is 0 Å². The van der Waals surface area contributed by atoms with Crippen molar-refractivity contribution in [1.82, 2.24) is 9.78 Å². The first-order chi connectivity index (χ1) is 10.1. The van der Waals surface area contributed by atoms with Crippen LogP contribution in [0.5, 0.6) is 11.5 Å². The average molecular weight is 290 g/mol. The summed E-state index contributed by atoms with van der Waals surface area (Å²) in [5.74, 6) is 0.141. The maximum atomic E-state index is 11.7. The molecule has 0 aliphatic heterocycles. The molecule has 0 bridgehead atoms. The second kappa shape index (κ2) is 6.30. The molecule has 0 spiro atoms. The molecule has 1 aromatic carbocycles. The van der Waals surface area contributed by atoms with Gasteiger partial charge in [-0.25, -0.2) is 4.79 Å². The molecule has 1 N–H and O–H groups in total. The molecule has 1 aromatic heterocycles. The summed E-state index contributed by atoms with van der Waals surface area (Å²) >= 11 is 0. The van der Waals surface area contributed by atoms with E-state index in [1.54, 1.807) is 49.1 Å². The topological polar surface area (TPSA) is 73.6 Å². The SMILES string of the molecule is CCOC(=O)C(C)n1cc(-c2ccc(O)c(OC)c2)cn1. The third kappa shape index (κ3) is 3.16. The molecule has 0 aliphatic carbocycles. The van der Waals surface area contributed by atoms with Crippen LogP contribution >= 0.6 is 0 Å². The molecule has 112 valence electrons. The Hall–Kier alpha value is -2.50. The standard InChI is InChI=1S/C15H18N2O4/c1-4-21-15(19)10(2)17-9-12(8-16-17)11-5-6-13(18)14(7-11)20-3/h5-10,18H,4H2,1-3H3. The van der Waals surface area contributed by atoms with Crippen LogP contribution in [0.1, 0.15) is 19.9 Å². The first kappa shape index (κ1) is 14.9. The largest absolute Gasteiger partial charge is 0.504 e. The number of phenolic OH excluding ortho intramolecular Hbond substituents is 1. The van der Waals surface area contributed by atoms with Gasteiger partial charge in [0.1, 0.15) is 6.04 Å². The normalized spacial score (nSPS) is 12.0. The molecule has 0 aliphatic rings. The maximum absolute atomic E-state index is 11.7. The summed E-state index contributed by atoms with van der Waals surface area (Å²) in [4.78, 5) is 11.7. The molecule has 1 heterocycles. The number of hydrogen-bond donors (Lipinski definition) is 1. The lowest BCUT2D eigenvalue weighted by Crippen LogP contribution is -2.19. The summed E-state index contributed by atoms with van der Waals surface area (Å²) in [6.45, 7) is 3.83. The van der Waals surface area contributed by atoms with Crippen LogP contribution < -0.4 is 4.74 Å². The first-order valence-electron chi connectivity index (χ1n) is 6.65. The van der Waals surface area contributed by atoms with E-state index >= 15 is 0 Å². The Balaban J connectivity index is 2.25. The predicted octanol–water partition coefficient (Wildman–Crippen LogP) is 2.39. The van der Waals surface area contributed by atoms with E-state index in [9.17, 15) is 9.90 Å². The monoisotopic (exact) mass is 290 g/mol. The summed E-state index contributed by atoms with van der Waals surface area (Å²) in [7, 11) is 1.49. The second-order valence-corrected chi connectivity index (χ2v) is 4.52. The lowest BCUT2D eigenvalue weighted by Gasteiger charge is -2.10. The van der Waals surface area contributed by atoms with Crippen molar-refractivity contribution in [2.24, 2.45) is 0 Å². The number of phenols is 1. The molecule has 0 amide bonds. The van der Waals surface area contributed by atoms with Crippen molar-refractivity contribution in [2.75, 3.05) is 13.7 Å². The second-order valence-electron chi connectivity index (χ2n) is 4.52. The number of ether oxygens (including phenoxy) is 2. The Morgan fingerprint density at radius 1 is 1.43 bits per heavy atom. The van der Waals surface area contributed by atoms with Crippen molar-refractivity contribution < 1.29 is 19.4 Å². The molecular formula is C15H18N2O4. The summed E-state index contributed by atoms with van der Waals surface area (Å²) in [5, 5.41) is 13.8.